The Hall–Kier alpha value is -2.11. The molecule has 110 valence electrons. The molecule has 0 saturated heterocycles. The highest BCUT2D eigenvalue weighted by Crippen LogP contribution is 2.22. The molecule has 20 heavy (non-hydrogen) atoms. The summed E-state index contributed by atoms with van der Waals surface area (Å²) in [5.74, 6) is -1.69. The molecule has 6 heteroatoms. The van der Waals surface area contributed by atoms with Crippen LogP contribution in [0.4, 0.5) is 9.18 Å². The van der Waals surface area contributed by atoms with Crippen LogP contribution < -0.4 is 0 Å². The summed E-state index contributed by atoms with van der Waals surface area (Å²) in [6.07, 6.45) is -0.755. The molecule has 0 aromatic heterocycles. The third kappa shape index (κ3) is 4.22. The zero-order valence-corrected chi connectivity index (χ0v) is 11.9. The molecule has 1 aromatic carbocycles. The minimum atomic E-state index is -1.23. The number of aliphatic carboxylic acids is 1. The number of halogens is 1. The minimum absolute atomic E-state index is 0.298. The largest absolute Gasteiger partial charge is 0.479 e. The van der Waals surface area contributed by atoms with E-state index in [4.69, 9.17) is 4.74 Å². The van der Waals surface area contributed by atoms with Crippen molar-refractivity contribution in [3.63, 3.8) is 0 Å². The van der Waals surface area contributed by atoms with Crippen LogP contribution in [0.3, 0.4) is 0 Å². The zero-order valence-electron chi connectivity index (χ0n) is 11.9. The van der Waals surface area contributed by atoms with Crippen LogP contribution in [0.5, 0.6) is 0 Å². The molecule has 0 aliphatic rings. The molecule has 0 spiro atoms. The number of carbonyl (C=O) groups excluding carboxylic acids is 1. The van der Waals surface area contributed by atoms with Crippen molar-refractivity contribution < 1.29 is 23.8 Å². The van der Waals surface area contributed by atoms with Gasteiger partial charge in [0.1, 0.15) is 11.4 Å². The highest BCUT2D eigenvalue weighted by Gasteiger charge is 2.31. The van der Waals surface area contributed by atoms with Crippen molar-refractivity contribution in [2.45, 2.75) is 32.4 Å². The molecule has 0 fully saturated rings. The maximum atomic E-state index is 12.9. The lowest BCUT2D eigenvalue weighted by molar-refractivity contribution is -0.142. The number of benzene rings is 1. The van der Waals surface area contributed by atoms with Crippen molar-refractivity contribution in [1.29, 1.82) is 0 Å². The van der Waals surface area contributed by atoms with Gasteiger partial charge in [-0.3, -0.25) is 4.90 Å². The van der Waals surface area contributed by atoms with Gasteiger partial charge in [-0.15, -0.1) is 0 Å². The Morgan fingerprint density at radius 1 is 1.25 bits per heavy atom. The number of carboxylic acids is 1. The second kappa shape index (κ2) is 5.90. The Morgan fingerprint density at radius 2 is 1.75 bits per heavy atom. The number of carbonyl (C=O) groups is 2. The van der Waals surface area contributed by atoms with Crippen LogP contribution in [0.1, 0.15) is 32.4 Å². The van der Waals surface area contributed by atoms with E-state index in [0.717, 1.165) is 17.0 Å². The minimum Gasteiger partial charge on any atom is -0.479 e. The van der Waals surface area contributed by atoms with Gasteiger partial charge in [-0.2, -0.15) is 0 Å². The number of rotatable bonds is 3. The average molecular weight is 283 g/mol. The van der Waals surface area contributed by atoms with Crippen LogP contribution in [0.25, 0.3) is 0 Å². The molecular formula is C14H18FNO4. The molecule has 1 aromatic rings. The van der Waals surface area contributed by atoms with Crippen LogP contribution in [0.2, 0.25) is 0 Å². The number of ether oxygens (including phenoxy) is 1. The molecule has 0 saturated carbocycles. The summed E-state index contributed by atoms with van der Waals surface area (Å²) in [4.78, 5) is 24.2. The SMILES string of the molecule is CN(C(=O)OC(C)(C)C)[C@@H](C(=O)O)c1ccc(F)cc1. The predicted octanol–water partition coefficient (Wildman–Crippen LogP) is 2.82. The van der Waals surface area contributed by atoms with E-state index in [-0.39, 0.29) is 0 Å². The number of hydrogen-bond donors (Lipinski definition) is 1. The predicted molar refractivity (Wildman–Crippen MR) is 70.8 cm³/mol. The second-order valence-electron chi connectivity index (χ2n) is 5.38. The van der Waals surface area contributed by atoms with E-state index in [2.05, 4.69) is 0 Å². The van der Waals surface area contributed by atoms with Crippen molar-refractivity contribution in [3.05, 3.63) is 35.6 Å². The second-order valence-corrected chi connectivity index (χ2v) is 5.38. The first kappa shape index (κ1) is 15.9. The normalized spacial score (nSPS) is 12.7. The Bertz CT molecular complexity index is 493. The van der Waals surface area contributed by atoms with Gasteiger partial charge in [0.25, 0.3) is 0 Å². The van der Waals surface area contributed by atoms with Gasteiger partial charge >= 0.3 is 12.1 Å². The number of nitrogens with zero attached hydrogens (tertiary/aromatic N) is 1. The summed E-state index contributed by atoms with van der Waals surface area (Å²) in [5, 5.41) is 9.27. The van der Waals surface area contributed by atoms with Gasteiger partial charge < -0.3 is 9.84 Å². The van der Waals surface area contributed by atoms with E-state index >= 15 is 0 Å². The molecular weight excluding hydrogens is 265 g/mol. The molecule has 5 nitrogen and oxygen atoms in total. The van der Waals surface area contributed by atoms with E-state index in [1.807, 2.05) is 0 Å². The topological polar surface area (TPSA) is 66.8 Å². The fraction of sp³-hybridized carbons (Fsp3) is 0.429. The van der Waals surface area contributed by atoms with Crippen molar-refractivity contribution in [2.24, 2.45) is 0 Å². The quantitative estimate of drug-likeness (QED) is 0.926. The molecule has 1 amide bonds. The number of likely N-dealkylation sites (N-methyl/N-ethyl adjacent to an activating group) is 1. The van der Waals surface area contributed by atoms with Gasteiger partial charge in [-0.05, 0) is 38.5 Å². The zero-order chi connectivity index (χ0) is 15.5. The molecule has 0 bridgehead atoms. The summed E-state index contributed by atoms with van der Waals surface area (Å²) < 4.78 is 18.0. The van der Waals surface area contributed by atoms with Gasteiger partial charge in [0, 0.05) is 7.05 Å². The average Bonchev–Trinajstić information content (AvgIpc) is 2.29. The first-order valence-electron chi connectivity index (χ1n) is 6.06. The molecule has 0 heterocycles. The van der Waals surface area contributed by atoms with Gasteiger partial charge in [-0.25, -0.2) is 14.0 Å². The van der Waals surface area contributed by atoms with Crippen LogP contribution in [-0.4, -0.2) is 34.7 Å². The Morgan fingerprint density at radius 3 is 2.15 bits per heavy atom. The van der Waals surface area contributed by atoms with Crippen molar-refractivity contribution >= 4 is 12.1 Å². The third-order valence-corrected chi connectivity index (χ3v) is 2.49. The van der Waals surface area contributed by atoms with Crippen molar-refractivity contribution in [1.82, 2.24) is 4.90 Å². The van der Waals surface area contributed by atoms with Crippen LogP contribution in [0, 0.1) is 5.82 Å². The Kier molecular flexibility index (Phi) is 4.70. The van der Waals surface area contributed by atoms with Gasteiger partial charge in [0.05, 0.1) is 0 Å². The van der Waals surface area contributed by atoms with E-state index in [9.17, 15) is 19.1 Å². The summed E-state index contributed by atoms with van der Waals surface area (Å²) in [5.41, 5.74) is -0.427. The first-order chi connectivity index (χ1) is 9.11. The highest BCUT2D eigenvalue weighted by molar-refractivity contribution is 5.81. The van der Waals surface area contributed by atoms with Crippen LogP contribution in [-0.2, 0) is 9.53 Å². The smallest absolute Gasteiger partial charge is 0.411 e. The monoisotopic (exact) mass is 283 g/mol. The van der Waals surface area contributed by atoms with Crippen LogP contribution >= 0.6 is 0 Å². The summed E-state index contributed by atoms with van der Waals surface area (Å²) >= 11 is 0. The Balaban J connectivity index is 2.99. The van der Waals surface area contributed by atoms with Crippen molar-refractivity contribution in [3.8, 4) is 0 Å². The number of carboxylic acid groups (broad SMARTS) is 1. The van der Waals surface area contributed by atoms with Crippen LogP contribution in [0.15, 0.2) is 24.3 Å². The maximum absolute atomic E-state index is 12.9. The lowest BCUT2D eigenvalue weighted by Crippen LogP contribution is -2.39. The molecule has 1 N–H and O–H groups in total. The summed E-state index contributed by atoms with van der Waals surface area (Å²) in [6.45, 7) is 5.06. The van der Waals surface area contributed by atoms with Gasteiger partial charge in [0.15, 0.2) is 6.04 Å². The molecule has 1 rings (SSSR count). The van der Waals surface area contributed by atoms with Crippen molar-refractivity contribution in [2.75, 3.05) is 7.05 Å². The maximum Gasteiger partial charge on any atom is 0.411 e. The lowest BCUT2D eigenvalue weighted by atomic mass is 10.1. The van der Waals surface area contributed by atoms with Gasteiger partial charge in [-0.1, -0.05) is 12.1 Å². The number of hydrogen-bond acceptors (Lipinski definition) is 3. The number of amides is 1. The standard InChI is InChI=1S/C14H18FNO4/c1-14(2,3)20-13(19)16(4)11(12(17)18)9-5-7-10(15)8-6-9/h5-8,11H,1-4H3,(H,17,18)/t11-/m1/s1. The molecule has 0 unspecified atom stereocenters. The lowest BCUT2D eigenvalue weighted by Gasteiger charge is -2.28. The van der Waals surface area contributed by atoms with E-state index in [0.29, 0.717) is 5.56 Å². The van der Waals surface area contributed by atoms with E-state index in [1.165, 1.54) is 19.2 Å². The van der Waals surface area contributed by atoms with E-state index < -0.39 is 29.5 Å². The first-order valence-corrected chi connectivity index (χ1v) is 6.06. The molecule has 0 aliphatic heterocycles. The third-order valence-electron chi connectivity index (χ3n) is 2.49. The molecule has 0 aliphatic carbocycles. The summed E-state index contributed by atoms with van der Waals surface area (Å²) in [7, 11) is 1.33. The summed E-state index contributed by atoms with van der Waals surface area (Å²) in [6, 6.07) is 3.72. The fourth-order valence-corrected chi connectivity index (χ4v) is 1.62. The molecule has 0 radical (unpaired) electrons. The highest BCUT2D eigenvalue weighted by atomic mass is 19.1. The Labute approximate surface area is 117 Å². The van der Waals surface area contributed by atoms with E-state index in [1.54, 1.807) is 20.8 Å². The molecule has 1 atom stereocenters. The van der Waals surface area contributed by atoms with Gasteiger partial charge in [0.2, 0.25) is 0 Å². The fourth-order valence-electron chi connectivity index (χ4n) is 1.62.